The van der Waals surface area contributed by atoms with Gasteiger partial charge in [-0.3, -0.25) is 0 Å². The van der Waals surface area contributed by atoms with Gasteiger partial charge in [-0.2, -0.15) is 0 Å². The van der Waals surface area contributed by atoms with Crippen molar-refractivity contribution in [1.29, 1.82) is 0 Å². The molecule has 0 bridgehead atoms. The maximum Gasteiger partial charge on any atom is 0.330 e. The van der Waals surface area contributed by atoms with Gasteiger partial charge in [-0.05, 0) is 26.3 Å². The van der Waals surface area contributed by atoms with Gasteiger partial charge in [-0.1, -0.05) is 0 Å². The Balaban J connectivity index is 3.89. The second-order valence-electron chi connectivity index (χ2n) is 3.07. The van der Waals surface area contributed by atoms with Crippen molar-refractivity contribution in [3.63, 3.8) is 0 Å². The van der Waals surface area contributed by atoms with Crippen LogP contribution in [0.2, 0.25) is 0 Å². The van der Waals surface area contributed by atoms with Crippen molar-refractivity contribution >= 4 is 11.9 Å². The first-order valence-corrected chi connectivity index (χ1v) is 4.45. The molecule has 0 spiro atoms. The Bertz CT molecular complexity index is 206. The molecule has 0 fully saturated rings. The van der Waals surface area contributed by atoms with Gasteiger partial charge in [0, 0.05) is 0 Å². The van der Waals surface area contributed by atoms with Gasteiger partial charge in [-0.25, -0.2) is 9.59 Å². The highest BCUT2D eigenvalue weighted by Crippen LogP contribution is 1.97. The molecular formula is C8H17N3O3. The molecule has 6 nitrogen and oxygen atoms in total. The summed E-state index contributed by atoms with van der Waals surface area (Å²) in [5.74, 6) is -1.51. The number of carbonyl (C=O) groups excluding carboxylic acids is 2. The van der Waals surface area contributed by atoms with Crippen molar-refractivity contribution in [2.45, 2.75) is 31.8 Å². The molecule has 0 amide bonds. The summed E-state index contributed by atoms with van der Waals surface area (Å²) in [6, 6.07) is -1.62. The first-order chi connectivity index (χ1) is 6.49. The van der Waals surface area contributed by atoms with Crippen LogP contribution in [0.25, 0.3) is 0 Å². The van der Waals surface area contributed by atoms with Crippen molar-refractivity contribution in [1.82, 2.24) is 0 Å². The van der Waals surface area contributed by atoms with E-state index < -0.39 is 24.0 Å². The van der Waals surface area contributed by atoms with Gasteiger partial charge in [0.2, 0.25) is 0 Å². The summed E-state index contributed by atoms with van der Waals surface area (Å²) >= 11 is 0. The zero-order valence-corrected chi connectivity index (χ0v) is 8.23. The van der Waals surface area contributed by atoms with Crippen molar-refractivity contribution < 1.29 is 14.3 Å². The van der Waals surface area contributed by atoms with E-state index in [1.807, 2.05) is 0 Å². The van der Waals surface area contributed by atoms with Crippen LogP contribution < -0.4 is 17.2 Å². The number of rotatable bonds is 5. The maximum absolute atomic E-state index is 11.1. The van der Waals surface area contributed by atoms with E-state index in [1.165, 1.54) is 6.92 Å². The zero-order valence-electron chi connectivity index (χ0n) is 8.23. The highest BCUT2D eigenvalue weighted by atomic mass is 16.6. The molecule has 0 aliphatic heterocycles. The van der Waals surface area contributed by atoms with Crippen LogP contribution in [0.15, 0.2) is 0 Å². The standard InChI is InChI=1S/C8H17N3O3/c1-5(10)7(12)14-8(13)6(11)3-2-4-9/h5-6H,2-4,9-11H2,1H3/t5-,6+/m0/s1. The van der Waals surface area contributed by atoms with Crippen LogP contribution in [0.4, 0.5) is 0 Å². The van der Waals surface area contributed by atoms with E-state index >= 15 is 0 Å². The van der Waals surface area contributed by atoms with Crippen LogP contribution in [0.3, 0.4) is 0 Å². The molecule has 0 radical (unpaired) electrons. The van der Waals surface area contributed by atoms with E-state index in [9.17, 15) is 9.59 Å². The Kier molecular flexibility index (Phi) is 6.02. The largest absolute Gasteiger partial charge is 0.391 e. The Morgan fingerprint density at radius 3 is 2.29 bits per heavy atom. The lowest BCUT2D eigenvalue weighted by atomic mass is 10.2. The summed E-state index contributed by atoms with van der Waals surface area (Å²) in [5, 5.41) is 0. The van der Waals surface area contributed by atoms with Crippen molar-refractivity contribution in [2.75, 3.05) is 6.54 Å². The molecule has 6 N–H and O–H groups in total. The molecule has 0 aromatic rings. The van der Waals surface area contributed by atoms with E-state index in [4.69, 9.17) is 17.2 Å². The average Bonchev–Trinajstić information content (AvgIpc) is 2.13. The molecule has 0 rings (SSSR count). The highest BCUT2D eigenvalue weighted by molar-refractivity contribution is 5.90. The monoisotopic (exact) mass is 203 g/mol. The topological polar surface area (TPSA) is 121 Å². The van der Waals surface area contributed by atoms with Crippen LogP contribution >= 0.6 is 0 Å². The molecule has 0 saturated heterocycles. The van der Waals surface area contributed by atoms with E-state index in [-0.39, 0.29) is 0 Å². The van der Waals surface area contributed by atoms with Crippen LogP contribution in [0, 0.1) is 0 Å². The lowest BCUT2D eigenvalue weighted by Crippen LogP contribution is -2.38. The van der Waals surface area contributed by atoms with E-state index in [1.54, 1.807) is 0 Å². The number of ether oxygens (including phenoxy) is 1. The fourth-order valence-electron chi connectivity index (χ4n) is 0.723. The third-order valence-corrected chi connectivity index (χ3v) is 1.59. The lowest BCUT2D eigenvalue weighted by molar-refractivity contribution is -0.161. The second kappa shape index (κ2) is 6.47. The SMILES string of the molecule is C[C@H](N)C(=O)OC(=O)[C@H](N)CCCN. The summed E-state index contributed by atoms with van der Waals surface area (Å²) in [7, 11) is 0. The first-order valence-electron chi connectivity index (χ1n) is 4.45. The predicted octanol–water partition coefficient (Wildman–Crippen LogP) is -1.53. The molecule has 0 aliphatic rings. The van der Waals surface area contributed by atoms with Gasteiger partial charge in [0.15, 0.2) is 0 Å². The van der Waals surface area contributed by atoms with Gasteiger partial charge in [-0.15, -0.1) is 0 Å². The summed E-state index contributed by atoms with van der Waals surface area (Å²) < 4.78 is 4.40. The van der Waals surface area contributed by atoms with Gasteiger partial charge < -0.3 is 21.9 Å². The molecule has 0 aromatic carbocycles. The number of nitrogens with two attached hydrogens (primary N) is 3. The molecule has 6 heteroatoms. The minimum absolute atomic E-state index is 0.404. The van der Waals surface area contributed by atoms with Gasteiger partial charge >= 0.3 is 11.9 Å². The molecule has 82 valence electrons. The van der Waals surface area contributed by atoms with E-state index in [2.05, 4.69) is 4.74 Å². The maximum atomic E-state index is 11.1. The third kappa shape index (κ3) is 4.90. The van der Waals surface area contributed by atoms with Crippen molar-refractivity contribution in [3.8, 4) is 0 Å². The number of hydrogen-bond donors (Lipinski definition) is 3. The Morgan fingerprint density at radius 2 is 1.86 bits per heavy atom. The molecule has 0 saturated carbocycles. The van der Waals surface area contributed by atoms with Crippen molar-refractivity contribution in [2.24, 2.45) is 17.2 Å². The van der Waals surface area contributed by atoms with Crippen LogP contribution in [0.1, 0.15) is 19.8 Å². The first kappa shape index (κ1) is 13.0. The van der Waals surface area contributed by atoms with Gasteiger partial charge in [0.1, 0.15) is 12.1 Å². The fraction of sp³-hybridized carbons (Fsp3) is 0.750. The van der Waals surface area contributed by atoms with E-state index in [0.29, 0.717) is 19.4 Å². The number of carbonyl (C=O) groups is 2. The summed E-state index contributed by atoms with van der Waals surface area (Å²) in [6.07, 6.45) is 1.02. The normalized spacial score (nSPS) is 14.6. The number of esters is 2. The van der Waals surface area contributed by atoms with Crippen molar-refractivity contribution in [3.05, 3.63) is 0 Å². The quantitative estimate of drug-likeness (QED) is 0.368. The minimum Gasteiger partial charge on any atom is -0.391 e. The Labute approximate surface area is 82.8 Å². The Hall–Kier alpha value is -0.980. The summed E-state index contributed by atoms with van der Waals surface area (Å²) in [4.78, 5) is 22.0. The van der Waals surface area contributed by atoms with Gasteiger partial charge in [0.25, 0.3) is 0 Å². The fourth-order valence-corrected chi connectivity index (χ4v) is 0.723. The van der Waals surface area contributed by atoms with E-state index in [0.717, 1.165) is 0 Å². The molecule has 0 aromatic heterocycles. The van der Waals surface area contributed by atoms with Crippen LogP contribution in [0.5, 0.6) is 0 Å². The third-order valence-electron chi connectivity index (χ3n) is 1.59. The average molecular weight is 203 g/mol. The molecule has 0 aliphatic carbocycles. The number of hydrogen-bond acceptors (Lipinski definition) is 6. The summed E-state index contributed by atoms with van der Waals surface area (Å²) in [5.41, 5.74) is 15.9. The zero-order chi connectivity index (χ0) is 11.1. The highest BCUT2D eigenvalue weighted by Gasteiger charge is 2.20. The van der Waals surface area contributed by atoms with Crippen LogP contribution in [-0.2, 0) is 14.3 Å². The molecule has 0 unspecified atom stereocenters. The second-order valence-corrected chi connectivity index (χ2v) is 3.07. The molecule has 14 heavy (non-hydrogen) atoms. The minimum atomic E-state index is -0.819. The molecular weight excluding hydrogens is 186 g/mol. The Morgan fingerprint density at radius 1 is 1.29 bits per heavy atom. The predicted molar refractivity (Wildman–Crippen MR) is 51.0 cm³/mol. The summed E-state index contributed by atoms with van der Waals surface area (Å²) in [6.45, 7) is 1.88. The molecule has 0 heterocycles. The smallest absolute Gasteiger partial charge is 0.330 e. The van der Waals surface area contributed by atoms with Crippen LogP contribution in [-0.4, -0.2) is 30.6 Å². The molecule has 2 atom stereocenters. The lowest BCUT2D eigenvalue weighted by Gasteiger charge is -2.10. The van der Waals surface area contributed by atoms with Gasteiger partial charge in [0.05, 0.1) is 0 Å².